The molecule has 0 saturated heterocycles. The van der Waals surface area contributed by atoms with Gasteiger partial charge in [0, 0.05) is 25.3 Å². The van der Waals surface area contributed by atoms with Crippen LogP contribution in [0.15, 0.2) is 0 Å². The molecule has 21 heteroatoms. The molecule has 0 radical (unpaired) electrons. The predicted octanol–water partition coefficient (Wildman–Crippen LogP) is 2.07. The molecule has 0 aliphatic heterocycles. The molecule has 0 aliphatic rings. The van der Waals surface area contributed by atoms with Crippen LogP contribution >= 0.6 is 0 Å². The highest BCUT2D eigenvalue weighted by molar-refractivity contribution is 7.90. The number of aliphatic hydroxyl groups excluding tert-OH is 1. The first kappa shape index (κ1) is 35.0. The molecule has 218 valence electrons. The van der Waals surface area contributed by atoms with Gasteiger partial charge >= 0.3 is 29.2 Å². The smallest absolute Gasteiger partial charge is 0.460 e. The molecular weight excluding hydrogens is 577 g/mol. The molecule has 36 heavy (non-hydrogen) atoms. The zero-order chi connectivity index (χ0) is 29.2. The van der Waals surface area contributed by atoms with Gasteiger partial charge in [-0.2, -0.15) is 52.6 Å². The van der Waals surface area contributed by atoms with E-state index in [0.717, 1.165) is 0 Å². The van der Waals surface area contributed by atoms with Crippen LogP contribution in [0.5, 0.6) is 0 Å². The molecule has 0 unspecified atom stereocenters. The summed E-state index contributed by atoms with van der Waals surface area (Å²) in [6.45, 7) is -3.38. The fourth-order valence-electron chi connectivity index (χ4n) is 2.71. The van der Waals surface area contributed by atoms with Gasteiger partial charge < -0.3 is 14.1 Å². The summed E-state index contributed by atoms with van der Waals surface area (Å²) >= 11 is 0. The average molecular weight is 600 g/mol. The number of quaternary nitrogens is 1. The molecule has 1 N–H and O–H groups in total. The molecule has 0 aromatic heterocycles. The van der Waals surface area contributed by atoms with E-state index in [-0.39, 0.29) is 17.6 Å². The van der Waals surface area contributed by atoms with Gasteiger partial charge in [0.05, 0.1) is 37.4 Å². The van der Waals surface area contributed by atoms with Gasteiger partial charge in [0.25, 0.3) is 10.0 Å². The van der Waals surface area contributed by atoms with Crippen molar-refractivity contribution in [2.75, 3.05) is 52.6 Å². The van der Waals surface area contributed by atoms with Crippen LogP contribution in [0.2, 0.25) is 0 Å². The van der Waals surface area contributed by atoms with E-state index in [9.17, 15) is 69.7 Å². The van der Waals surface area contributed by atoms with Crippen molar-refractivity contribution in [3.63, 3.8) is 0 Å². The van der Waals surface area contributed by atoms with Gasteiger partial charge in [0.1, 0.15) is 6.54 Å². The van der Waals surface area contributed by atoms with Crippen molar-refractivity contribution in [1.82, 2.24) is 4.31 Å². The van der Waals surface area contributed by atoms with Crippen molar-refractivity contribution in [1.29, 1.82) is 0 Å². The van der Waals surface area contributed by atoms with E-state index < -0.39 is 91.9 Å². The number of hydrogen-bond acceptors (Lipinski definition) is 6. The topological polar surface area (TPSA) is 115 Å². The minimum atomic E-state index is -7.96. The lowest BCUT2D eigenvalue weighted by Gasteiger charge is -2.38. The van der Waals surface area contributed by atoms with E-state index in [0.29, 0.717) is 0 Å². The SMILES string of the molecule is C[N+](C)(CCO)CCCN(CCCS(=O)(=O)[O-])S(=O)(=O)C(F)(F)C(F)(F)C(F)(F)C(F)(F)C(F)(F)F. The number of rotatable bonds is 15. The van der Waals surface area contributed by atoms with E-state index in [2.05, 4.69) is 0 Å². The normalized spacial score (nSPS) is 15.6. The van der Waals surface area contributed by atoms with Gasteiger partial charge in [-0.1, -0.05) is 0 Å². The monoisotopic (exact) mass is 600 g/mol. The zero-order valence-electron chi connectivity index (χ0n) is 18.5. The number of nitrogens with zero attached hydrogens (tertiary/aromatic N) is 2. The lowest BCUT2D eigenvalue weighted by molar-refractivity contribution is -0.890. The van der Waals surface area contributed by atoms with Gasteiger partial charge in [0.2, 0.25) is 0 Å². The number of aliphatic hydroxyl groups is 1. The van der Waals surface area contributed by atoms with E-state index >= 15 is 0 Å². The van der Waals surface area contributed by atoms with Crippen LogP contribution in [0, 0.1) is 0 Å². The molecule has 0 bridgehead atoms. The Balaban J connectivity index is 6.39. The van der Waals surface area contributed by atoms with Gasteiger partial charge in [-0.25, -0.2) is 16.8 Å². The number of likely N-dealkylation sites (N-methyl/N-ethyl adjacent to an activating group) is 1. The Bertz CT molecular complexity index is 954. The Morgan fingerprint density at radius 1 is 0.750 bits per heavy atom. The molecule has 0 aliphatic carbocycles. The Hall–Kier alpha value is -1.03. The van der Waals surface area contributed by atoms with Crippen molar-refractivity contribution >= 4 is 20.1 Å². The van der Waals surface area contributed by atoms with Crippen molar-refractivity contribution in [3.8, 4) is 0 Å². The molecule has 0 fully saturated rings. The van der Waals surface area contributed by atoms with Crippen LogP contribution in [-0.4, -0.2) is 117 Å². The largest absolute Gasteiger partial charge is 0.748 e. The number of alkyl halides is 11. The summed E-state index contributed by atoms with van der Waals surface area (Å²) in [5, 5.41) is 1.66. The first-order chi connectivity index (χ1) is 15.6. The van der Waals surface area contributed by atoms with Crippen LogP contribution in [0.4, 0.5) is 48.3 Å². The highest BCUT2D eigenvalue weighted by atomic mass is 32.2. The van der Waals surface area contributed by atoms with Crippen LogP contribution in [-0.2, 0) is 20.1 Å². The van der Waals surface area contributed by atoms with Gasteiger partial charge in [0.15, 0.2) is 0 Å². The third kappa shape index (κ3) is 7.29. The highest BCUT2D eigenvalue weighted by Crippen LogP contribution is 2.58. The van der Waals surface area contributed by atoms with Crippen LogP contribution < -0.4 is 0 Å². The van der Waals surface area contributed by atoms with Crippen LogP contribution in [0.1, 0.15) is 12.8 Å². The van der Waals surface area contributed by atoms with Crippen molar-refractivity contribution < 1.29 is 79.3 Å². The summed E-state index contributed by atoms with van der Waals surface area (Å²) in [5.41, 5.74) is 0. The molecule has 0 aromatic carbocycles. The van der Waals surface area contributed by atoms with E-state index in [4.69, 9.17) is 5.11 Å². The maximum atomic E-state index is 14.3. The second-order valence-electron chi connectivity index (χ2n) is 8.22. The Labute approximate surface area is 199 Å². The molecule has 0 rings (SSSR count). The predicted molar refractivity (Wildman–Crippen MR) is 99.1 cm³/mol. The summed E-state index contributed by atoms with van der Waals surface area (Å²) < 4.78 is 202. The van der Waals surface area contributed by atoms with E-state index in [1.807, 2.05) is 0 Å². The lowest BCUT2D eigenvalue weighted by atomic mass is 10.0. The highest BCUT2D eigenvalue weighted by Gasteiger charge is 2.89. The second-order valence-corrected chi connectivity index (χ2v) is 11.7. The molecule has 0 heterocycles. The Morgan fingerprint density at radius 3 is 1.58 bits per heavy atom. The fraction of sp³-hybridized carbons (Fsp3) is 1.00. The van der Waals surface area contributed by atoms with Crippen LogP contribution in [0.25, 0.3) is 0 Å². The van der Waals surface area contributed by atoms with Gasteiger partial charge in [-0.3, -0.25) is 0 Å². The van der Waals surface area contributed by atoms with Crippen molar-refractivity contribution in [3.05, 3.63) is 0 Å². The van der Waals surface area contributed by atoms with Crippen molar-refractivity contribution in [2.45, 2.75) is 42.0 Å². The van der Waals surface area contributed by atoms with Crippen molar-refractivity contribution in [2.24, 2.45) is 0 Å². The molecular formula is C15H23F11N2O6S2. The maximum Gasteiger partial charge on any atom is 0.460 e. The molecule has 0 saturated carbocycles. The van der Waals surface area contributed by atoms with Gasteiger partial charge in [-0.15, -0.1) is 0 Å². The average Bonchev–Trinajstić information content (AvgIpc) is 2.64. The summed E-state index contributed by atoms with van der Waals surface area (Å²) in [6.07, 6.45) is -9.18. The molecule has 8 nitrogen and oxygen atoms in total. The van der Waals surface area contributed by atoms with E-state index in [1.165, 1.54) is 14.1 Å². The summed E-state index contributed by atoms with van der Waals surface area (Å²) in [6, 6.07) is 0. The standard InChI is InChI=1S/C15H23F11N2O6S2/c1-28(2,8-9-29)7-3-5-27(6-4-10-35(30,31)32)36(33,34)15(25,26)13(20,21)11(16,17)12(18,19)14(22,23)24/h29H,3-10H2,1-2H3. The summed E-state index contributed by atoms with van der Waals surface area (Å²) in [7, 11) is -9.46. The number of sulfonamides is 1. The molecule has 0 aromatic rings. The number of hydrogen-bond donors (Lipinski definition) is 1. The minimum Gasteiger partial charge on any atom is -0.748 e. The summed E-state index contributed by atoms with van der Waals surface area (Å²) in [5.74, 6) is -25.0. The van der Waals surface area contributed by atoms with E-state index in [1.54, 1.807) is 0 Å². The zero-order valence-corrected chi connectivity index (χ0v) is 20.1. The van der Waals surface area contributed by atoms with Gasteiger partial charge in [-0.05, 0) is 6.42 Å². The quantitative estimate of drug-likeness (QED) is 0.175. The number of halogens is 11. The minimum absolute atomic E-state index is 0.00580. The third-order valence-electron chi connectivity index (χ3n) is 4.85. The Kier molecular flexibility index (Phi) is 10.7. The molecule has 0 amide bonds. The first-order valence-electron chi connectivity index (χ1n) is 9.56. The van der Waals surface area contributed by atoms with Crippen LogP contribution in [0.3, 0.4) is 0 Å². The Morgan fingerprint density at radius 2 is 1.19 bits per heavy atom. The first-order valence-corrected chi connectivity index (χ1v) is 12.6. The maximum absolute atomic E-state index is 14.3. The second kappa shape index (κ2) is 11.0. The molecule has 0 spiro atoms. The molecule has 0 atom stereocenters. The third-order valence-corrected chi connectivity index (χ3v) is 7.59. The fourth-order valence-corrected chi connectivity index (χ4v) is 4.71. The lowest BCUT2D eigenvalue weighted by Crippen LogP contribution is -2.69. The summed E-state index contributed by atoms with van der Waals surface area (Å²) in [4.78, 5) is 0.